The lowest BCUT2D eigenvalue weighted by molar-refractivity contribution is -0.141. The first-order chi connectivity index (χ1) is 12.3. The SMILES string of the molecule is Cc1cc(C(C)NC(=O)C2CCC(=O)N(C)C2c2cnn(C)c2)c(C)s1. The first-order valence-electron chi connectivity index (χ1n) is 8.89. The number of carbonyl (C=O) groups is 2. The van der Waals surface area contributed by atoms with Crippen molar-refractivity contribution in [1.82, 2.24) is 20.0 Å². The predicted octanol–water partition coefficient (Wildman–Crippen LogP) is 2.89. The summed E-state index contributed by atoms with van der Waals surface area (Å²) in [6, 6.07) is 1.81. The van der Waals surface area contributed by atoms with E-state index in [4.69, 9.17) is 0 Å². The summed E-state index contributed by atoms with van der Waals surface area (Å²) in [5.41, 5.74) is 2.07. The fourth-order valence-electron chi connectivity index (χ4n) is 3.84. The van der Waals surface area contributed by atoms with Crippen molar-refractivity contribution in [1.29, 1.82) is 0 Å². The molecule has 0 aliphatic carbocycles. The molecule has 0 saturated carbocycles. The van der Waals surface area contributed by atoms with Crippen molar-refractivity contribution in [3.05, 3.63) is 39.3 Å². The maximum Gasteiger partial charge on any atom is 0.226 e. The van der Waals surface area contributed by atoms with Gasteiger partial charge in [-0.2, -0.15) is 5.10 Å². The van der Waals surface area contributed by atoms with E-state index in [1.165, 1.54) is 15.3 Å². The molecular formula is C19H26N4O2S. The molecule has 1 N–H and O–H groups in total. The molecule has 2 amide bonds. The number of rotatable bonds is 4. The van der Waals surface area contributed by atoms with Crippen LogP contribution in [-0.2, 0) is 16.6 Å². The van der Waals surface area contributed by atoms with Crippen LogP contribution in [0.15, 0.2) is 18.5 Å². The van der Waals surface area contributed by atoms with Gasteiger partial charge in [0.15, 0.2) is 0 Å². The number of hydrogen-bond donors (Lipinski definition) is 1. The topological polar surface area (TPSA) is 67.2 Å². The zero-order chi connectivity index (χ0) is 19.0. The summed E-state index contributed by atoms with van der Waals surface area (Å²) in [5, 5.41) is 7.38. The van der Waals surface area contributed by atoms with Gasteiger partial charge in [0, 0.05) is 42.0 Å². The third kappa shape index (κ3) is 3.53. The van der Waals surface area contributed by atoms with Crippen LogP contribution >= 0.6 is 11.3 Å². The van der Waals surface area contributed by atoms with Crippen molar-refractivity contribution in [2.24, 2.45) is 13.0 Å². The zero-order valence-electron chi connectivity index (χ0n) is 15.9. The number of piperidine rings is 1. The number of nitrogens with zero attached hydrogens (tertiary/aromatic N) is 3. The predicted molar refractivity (Wildman–Crippen MR) is 102 cm³/mol. The summed E-state index contributed by atoms with van der Waals surface area (Å²) < 4.78 is 1.71. The van der Waals surface area contributed by atoms with Gasteiger partial charge < -0.3 is 10.2 Å². The number of nitrogens with one attached hydrogen (secondary N) is 1. The van der Waals surface area contributed by atoms with Crippen LogP contribution < -0.4 is 5.32 Å². The minimum Gasteiger partial charge on any atom is -0.349 e. The Balaban J connectivity index is 1.81. The summed E-state index contributed by atoms with van der Waals surface area (Å²) in [7, 11) is 3.61. The van der Waals surface area contributed by atoms with Gasteiger partial charge in [-0.25, -0.2) is 0 Å². The van der Waals surface area contributed by atoms with E-state index >= 15 is 0 Å². The molecule has 6 nitrogen and oxygen atoms in total. The van der Waals surface area contributed by atoms with Crippen molar-refractivity contribution in [3.8, 4) is 0 Å². The molecule has 26 heavy (non-hydrogen) atoms. The Hall–Kier alpha value is -2.15. The molecule has 1 saturated heterocycles. The number of likely N-dealkylation sites (tertiary alicyclic amines) is 1. The minimum atomic E-state index is -0.276. The fraction of sp³-hybridized carbons (Fsp3) is 0.526. The van der Waals surface area contributed by atoms with Gasteiger partial charge in [0.25, 0.3) is 0 Å². The average Bonchev–Trinajstić information content (AvgIpc) is 3.14. The minimum absolute atomic E-state index is 0.00560. The monoisotopic (exact) mass is 374 g/mol. The Morgan fingerprint density at radius 2 is 2.12 bits per heavy atom. The lowest BCUT2D eigenvalue weighted by atomic mass is 9.85. The Kier molecular flexibility index (Phi) is 5.18. The van der Waals surface area contributed by atoms with Gasteiger partial charge in [-0.15, -0.1) is 11.3 Å². The molecule has 2 aromatic rings. The largest absolute Gasteiger partial charge is 0.349 e. The van der Waals surface area contributed by atoms with Crippen molar-refractivity contribution in [2.75, 3.05) is 7.05 Å². The first kappa shape index (κ1) is 18.6. The number of thiophene rings is 1. The standard InChI is InChI=1S/C19H26N4O2S/c1-11-8-16(13(3)26-11)12(2)21-19(25)15-6-7-17(24)23(5)18(15)14-9-20-22(4)10-14/h8-10,12,15,18H,6-7H2,1-5H3,(H,21,25). The van der Waals surface area contributed by atoms with Crippen LogP contribution in [0, 0.1) is 19.8 Å². The van der Waals surface area contributed by atoms with E-state index in [1.807, 2.05) is 20.2 Å². The zero-order valence-corrected chi connectivity index (χ0v) is 16.8. The van der Waals surface area contributed by atoms with E-state index in [1.54, 1.807) is 34.2 Å². The third-order valence-corrected chi connectivity index (χ3v) is 6.15. The average molecular weight is 375 g/mol. The van der Waals surface area contributed by atoms with Gasteiger partial charge in [0.2, 0.25) is 11.8 Å². The first-order valence-corrected chi connectivity index (χ1v) is 9.71. The van der Waals surface area contributed by atoms with Crippen LogP contribution in [0.1, 0.15) is 52.7 Å². The molecular weight excluding hydrogens is 348 g/mol. The van der Waals surface area contributed by atoms with Crippen molar-refractivity contribution in [2.45, 2.75) is 45.7 Å². The molecule has 3 heterocycles. The van der Waals surface area contributed by atoms with Gasteiger partial charge in [0.05, 0.1) is 24.2 Å². The van der Waals surface area contributed by atoms with Crippen molar-refractivity contribution >= 4 is 23.2 Å². The van der Waals surface area contributed by atoms with E-state index in [-0.39, 0.29) is 29.8 Å². The smallest absolute Gasteiger partial charge is 0.226 e. The van der Waals surface area contributed by atoms with Crippen LogP contribution in [0.25, 0.3) is 0 Å². The summed E-state index contributed by atoms with van der Waals surface area (Å²) in [5.74, 6) is -0.210. The Bertz CT molecular complexity index is 825. The lowest BCUT2D eigenvalue weighted by Crippen LogP contribution is -2.46. The Morgan fingerprint density at radius 1 is 1.38 bits per heavy atom. The Labute approximate surface area is 158 Å². The van der Waals surface area contributed by atoms with E-state index in [2.05, 4.69) is 30.3 Å². The maximum atomic E-state index is 13.1. The molecule has 0 bridgehead atoms. The van der Waals surface area contributed by atoms with Crippen molar-refractivity contribution in [3.63, 3.8) is 0 Å². The molecule has 3 unspecified atom stereocenters. The molecule has 3 atom stereocenters. The molecule has 7 heteroatoms. The highest BCUT2D eigenvalue weighted by Gasteiger charge is 2.39. The van der Waals surface area contributed by atoms with Gasteiger partial charge in [-0.05, 0) is 38.8 Å². The number of hydrogen-bond acceptors (Lipinski definition) is 4. The molecule has 140 valence electrons. The highest BCUT2D eigenvalue weighted by Crippen LogP contribution is 2.36. The molecule has 2 aromatic heterocycles. The van der Waals surface area contributed by atoms with Crippen LogP contribution in [-0.4, -0.2) is 33.5 Å². The lowest BCUT2D eigenvalue weighted by Gasteiger charge is -2.38. The van der Waals surface area contributed by atoms with Crippen LogP contribution in [0.3, 0.4) is 0 Å². The normalized spacial score (nSPS) is 21.7. The highest BCUT2D eigenvalue weighted by molar-refractivity contribution is 7.12. The summed E-state index contributed by atoms with van der Waals surface area (Å²) in [6.45, 7) is 6.18. The quantitative estimate of drug-likeness (QED) is 0.895. The molecule has 1 aliphatic heterocycles. The molecule has 0 aromatic carbocycles. The van der Waals surface area contributed by atoms with Gasteiger partial charge >= 0.3 is 0 Å². The van der Waals surface area contributed by atoms with Crippen LogP contribution in [0.5, 0.6) is 0 Å². The Morgan fingerprint density at radius 3 is 2.69 bits per heavy atom. The number of amides is 2. The number of aryl methyl sites for hydroxylation is 3. The second-order valence-electron chi connectivity index (χ2n) is 7.14. The maximum absolute atomic E-state index is 13.1. The summed E-state index contributed by atoms with van der Waals surface area (Å²) in [6.07, 6.45) is 4.59. The van der Waals surface area contributed by atoms with Crippen LogP contribution in [0.2, 0.25) is 0 Å². The van der Waals surface area contributed by atoms with Crippen molar-refractivity contribution < 1.29 is 9.59 Å². The van der Waals surface area contributed by atoms with E-state index in [9.17, 15) is 9.59 Å². The molecule has 0 spiro atoms. The molecule has 3 rings (SSSR count). The number of aromatic nitrogens is 2. The second-order valence-corrected chi connectivity index (χ2v) is 8.60. The van der Waals surface area contributed by atoms with E-state index < -0.39 is 0 Å². The molecule has 1 aliphatic rings. The van der Waals surface area contributed by atoms with E-state index in [0.29, 0.717) is 12.8 Å². The van der Waals surface area contributed by atoms with Crippen LogP contribution in [0.4, 0.5) is 0 Å². The highest BCUT2D eigenvalue weighted by atomic mass is 32.1. The number of carbonyl (C=O) groups excluding carboxylic acids is 2. The van der Waals surface area contributed by atoms with E-state index in [0.717, 1.165) is 5.56 Å². The van der Waals surface area contributed by atoms with Gasteiger partial charge in [0.1, 0.15) is 0 Å². The van der Waals surface area contributed by atoms with Gasteiger partial charge in [-0.1, -0.05) is 0 Å². The summed E-state index contributed by atoms with van der Waals surface area (Å²) >= 11 is 1.75. The molecule has 0 radical (unpaired) electrons. The second kappa shape index (κ2) is 7.23. The fourth-order valence-corrected chi connectivity index (χ4v) is 4.86. The third-order valence-electron chi connectivity index (χ3n) is 5.17. The molecule has 1 fully saturated rings. The summed E-state index contributed by atoms with van der Waals surface area (Å²) in [4.78, 5) is 29.4. The van der Waals surface area contributed by atoms with Gasteiger partial charge in [-0.3, -0.25) is 14.3 Å².